The first-order chi connectivity index (χ1) is 23.7. The minimum absolute atomic E-state index is 0.0271. The third-order valence-corrected chi connectivity index (χ3v) is 8.73. The second-order valence-electron chi connectivity index (χ2n) is 12.7. The Morgan fingerprint density at radius 2 is 1.92 bits per heavy atom. The van der Waals surface area contributed by atoms with Crippen LogP contribution in [0.5, 0.6) is 11.5 Å². The molecule has 1 saturated heterocycles. The van der Waals surface area contributed by atoms with Gasteiger partial charge in [-0.2, -0.15) is 9.77 Å². The SMILES string of the molecule is CC1(C)Cc2c(-c3nn(Cc4nc5cccc(C#CCN6CCNC(=O)C6)c5c(=O)n4-n4cccc4)c4ncnc(N)c34)ccc(O)c2O1. The zero-order valence-electron chi connectivity index (χ0n) is 26.8. The number of carbonyl (C=O) groups is 1. The first-order valence-electron chi connectivity index (χ1n) is 15.8. The van der Waals surface area contributed by atoms with Crippen molar-refractivity contribution in [2.75, 3.05) is 31.9 Å². The molecule has 8 rings (SSSR count). The lowest BCUT2D eigenvalue weighted by molar-refractivity contribution is -0.123. The zero-order valence-corrected chi connectivity index (χ0v) is 26.8. The Morgan fingerprint density at radius 1 is 1.08 bits per heavy atom. The Labute approximate surface area is 279 Å². The Hall–Kier alpha value is -6.20. The number of nitrogens with two attached hydrogens (primary N) is 1. The number of hydrogen-bond donors (Lipinski definition) is 3. The summed E-state index contributed by atoms with van der Waals surface area (Å²) in [6.45, 7) is 5.96. The summed E-state index contributed by atoms with van der Waals surface area (Å²) in [5, 5.41) is 19.3. The van der Waals surface area contributed by atoms with Crippen molar-refractivity contribution in [2.45, 2.75) is 32.4 Å². The molecule has 2 aliphatic heterocycles. The topological polar surface area (TPSA) is 171 Å². The minimum atomic E-state index is -0.522. The lowest BCUT2D eigenvalue weighted by atomic mass is 9.95. The van der Waals surface area contributed by atoms with Gasteiger partial charge in [0.25, 0.3) is 5.56 Å². The number of fused-ring (bicyclic) bond motifs is 3. The first-order valence-corrected chi connectivity index (χ1v) is 15.8. The van der Waals surface area contributed by atoms with E-state index in [-0.39, 0.29) is 36.1 Å². The largest absolute Gasteiger partial charge is 0.504 e. The Bertz CT molecular complexity index is 2420. The molecule has 1 fully saturated rings. The maximum absolute atomic E-state index is 14.4. The van der Waals surface area contributed by atoms with Gasteiger partial charge in [0.15, 0.2) is 23.0 Å². The predicted octanol–water partition coefficient (Wildman–Crippen LogP) is 2.15. The number of rotatable bonds is 5. The molecular formula is C35H32N10O4. The number of phenolic OH excluding ortho intramolecular Hbond substituents is 1. The Morgan fingerprint density at radius 3 is 2.73 bits per heavy atom. The van der Waals surface area contributed by atoms with E-state index < -0.39 is 5.60 Å². The van der Waals surface area contributed by atoms with Crippen molar-refractivity contribution in [3.05, 3.63) is 88.5 Å². The number of hydrogen-bond acceptors (Lipinski definition) is 10. The lowest BCUT2D eigenvalue weighted by Gasteiger charge is -2.24. The van der Waals surface area contributed by atoms with Crippen molar-refractivity contribution >= 4 is 33.7 Å². The van der Waals surface area contributed by atoms with Crippen LogP contribution in [0, 0.1) is 11.8 Å². The summed E-state index contributed by atoms with van der Waals surface area (Å²) in [6.07, 6.45) is 5.46. The highest BCUT2D eigenvalue weighted by Crippen LogP contribution is 2.47. The third-order valence-electron chi connectivity index (χ3n) is 8.73. The number of nitrogens with zero attached hydrogens (tertiary/aromatic N) is 8. The molecule has 0 radical (unpaired) electrons. The molecule has 1 amide bonds. The summed E-state index contributed by atoms with van der Waals surface area (Å²) < 4.78 is 10.9. The number of piperazine rings is 1. The molecule has 6 aromatic rings. The fourth-order valence-corrected chi connectivity index (χ4v) is 6.57. The number of carbonyl (C=O) groups excluding carboxylic acids is 1. The van der Waals surface area contributed by atoms with Crippen molar-refractivity contribution < 1.29 is 14.6 Å². The fraction of sp³-hybridized carbons (Fsp3) is 0.257. The van der Waals surface area contributed by atoms with E-state index in [1.165, 1.54) is 11.0 Å². The van der Waals surface area contributed by atoms with Crippen LogP contribution in [0.2, 0.25) is 0 Å². The number of nitrogen functional groups attached to an aromatic ring is 1. The molecule has 0 saturated carbocycles. The lowest BCUT2D eigenvalue weighted by Crippen LogP contribution is -2.47. The summed E-state index contributed by atoms with van der Waals surface area (Å²) in [4.78, 5) is 41.9. The Kier molecular flexibility index (Phi) is 7.07. The van der Waals surface area contributed by atoms with Crippen LogP contribution in [0.1, 0.15) is 30.8 Å². The van der Waals surface area contributed by atoms with Crippen molar-refractivity contribution in [3.63, 3.8) is 0 Å². The normalized spacial score (nSPS) is 15.5. The van der Waals surface area contributed by atoms with Crippen molar-refractivity contribution in [1.29, 1.82) is 0 Å². The number of amides is 1. The zero-order chi connectivity index (χ0) is 33.9. The molecule has 14 heteroatoms. The van der Waals surface area contributed by atoms with Gasteiger partial charge in [0.1, 0.15) is 30.0 Å². The minimum Gasteiger partial charge on any atom is -0.504 e. The van der Waals surface area contributed by atoms with Crippen LogP contribution in [-0.4, -0.2) is 81.8 Å². The molecular weight excluding hydrogens is 624 g/mol. The number of anilines is 1. The fourth-order valence-electron chi connectivity index (χ4n) is 6.57. The molecule has 0 atom stereocenters. The number of benzene rings is 2. The molecule has 4 aromatic heterocycles. The summed E-state index contributed by atoms with van der Waals surface area (Å²) in [5.74, 6) is 7.37. The molecule has 0 aliphatic carbocycles. The van der Waals surface area contributed by atoms with Gasteiger partial charge >= 0.3 is 0 Å². The average molecular weight is 657 g/mol. The molecule has 0 unspecified atom stereocenters. The number of phenols is 1. The van der Waals surface area contributed by atoms with Gasteiger partial charge in [0, 0.05) is 48.6 Å². The number of ether oxygens (including phenoxy) is 1. The molecule has 49 heavy (non-hydrogen) atoms. The molecule has 0 spiro atoms. The van der Waals surface area contributed by atoms with Gasteiger partial charge in [-0.15, -0.1) is 0 Å². The van der Waals surface area contributed by atoms with Gasteiger partial charge in [-0.05, 0) is 50.2 Å². The van der Waals surface area contributed by atoms with E-state index in [1.54, 1.807) is 46.0 Å². The van der Waals surface area contributed by atoms with Crippen LogP contribution in [-0.2, 0) is 17.8 Å². The van der Waals surface area contributed by atoms with Gasteiger partial charge in [-0.3, -0.25) is 19.2 Å². The van der Waals surface area contributed by atoms with Crippen LogP contribution < -0.4 is 21.3 Å². The standard InChI is InChI=1S/C35H32N10O4/c1-35(2)17-23-22(10-11-25(46)31(23)49-35)30-29-32(36)38-20-39-33(29)44(41-30)18-26-40-24-9-5-7-21(8-6-13-42-16-12-37-27(47)19-42)28(24)34(48)45(26)43-14-3-4-15-43/h3-5,7,9-11,14-15,20,46H,12-13,16-19H2,1-2H3,(H,37,47)(H2,36,38,39). The van der Waals surface area contributed by atoms with E-state index in [2.05, 4.69) is 27.1 Å². The van der Waals surface area contributed by atoms with Gasteiger partial charge in [0.2, 0.25) is 5.91 Å². The molecule has 0 bridgehead atoms. The van der Waals surface area contributed by atoms with E-state index in [1.807, 2.05) is 36.9 Å². The van der Waals surface area contributed by atoms with Gasteiger partial charge in [-0.1, -0.05) is 17.9 Å². The smallest absolute Gasteiger partial charge is 0.282 e. The van der Waals surface area contributed by atoms with Crippen LogP contribution in [0.3, 0.4) is 0 Å². The number of aromatic hydroxyl groups is 1. The van der Waals surface area contributed by atoms with Gasteiger partial charge in [0.05, 0.1) is 29.4 Å². The summed E-state index contributed by atoms with van der Waals surface area (Å²) in [7, 11) is 0. The van der Waals surface area contributed by atoms with Crippen LogP contribution in [0.25, 0.3) is 33.2 Å². The van der Waals surface area contributed by atoms with Crippen LogP contribution >= 0.6 is 0 Å². The van der Waals surface area contributed by atoms with E-state index in [0.717, 1.165) is 11.1 Å². The average Bonchev–Trinajstić information content (AvgIpc) is 3.80. The number of nitrogens with one attached hydrogen (secondary N) is 1. The van der Waals surface area contributed by atoms with E-state index in [4.69, 9.17) is 20.6 Å². The maximum Gasteiger partial charge on any atom is 0.282 e. The summed E-state index contributed by atoms with van der Waals surface area (Å²) >= 11 is 0. The van der Waals surface area contributed by atoms with E-state index in [9.17, 15) is 14.7 Å². The van der Waals surface area contributed by atoms with Crippen molar-refractivity contribution in [1.82, 2.24) is 44.3 Å². The van der Waals surface area contributed by atoms with Gasteiger partial charge < -0.3 is 20.9 Å². The molecule has 14 nitrogen and oxygen atoms in total. The second-order valence-corrected chi connectivity index (χ2v) is 12.7. The maximum atomic E-state index is 14.4. The van der Waals surface area contributed by atoms with Gasteiger partial charge in [-0.25, -0.2) is 19.6 Å². The van der Waals surface area contributed by atoms with Crippen LogP contribution in [0.15, 0.2) is 66.0 Å². The summed E-state index contributed by atoms with van der Waals surface area (Å²) in [6, 6.07) is 12.4. The van der Waals surface area contributed by atoms with Crippen LogP contribution in [0.4, 0.5) is 5.82 Å². The predicted molar refractivity (Wildman–Crippen MR) is 182 cm³/mol. The quantitative estimate of drug-likeness (QED) is 0.234. The molecule has 2 aromatic carbocycles. The van der Waals surface area contributed by atoms with Crippen molar-refractivity contribution in [2.24, 2.45) is 0 Å². The van der Waals surface area contributed by atoms with E-state index in [0.29, 0.717) is 70.8 Å². The molecule has 4 N–H and O–H groups in total. The third kappa shape index (κ3) is 5.30. The number of aromatic nitrogens is 7. The summed E-state index contributed by atoms with van der Waals surface area (Å²) in [5.41, 5.74) is 9.19. The highest BCUT2D eigenvalue weighted by molar-refractivity contribution is 5.99. The highest BCUT2D eigenvalue weighted by Gasteiger charge is 2.35. The van der Waals surface area contributed by atoms with Crippen molar-refractivity contribution in [3.8, 4) is 34.6 Å². The Balaban J connectivity index is 1.25. The van der Waals surface area contributed by atoms with E-state index >= 15 is 0 Å². The molecule has 246 valence electrons. The molecule has 2 aliphatic rings. The second kappa shape index (κ2) is 11.5. The monoisotopic (exact) mass is 656 g/mol. The molecule has 6 heterocycles. The first kappa shape index (κ1) is 30.2. The highest BCUT2D eigenvalue weighted by atomic mass is 16.5.